The molecule has 1 aromatic heterocycles. The first-order valence-electron chi connectivity index (χ1n) is 15.5. The number of rotatable bonds is 8. The van der Waals surface area contributed by atoms with Crippen LogP contribution in [-0.2, 0) is 15.5 Å². The van der Waals surface area contributed by atoms with Crippen molar-refractivity contribution in [3.8, 4) is 11.5 Å². The highest BCUT2D eigenvalue weighted by Gasteiger charge is 2.48. The maximum absolute atomic E-state index is 15.7. The van der Waals surface area contributed by atoms with Crippen LogP contribution in [0.25, 0.3) is 11.0 Å². The number of alkyl carbamates (subject to hydrolysis) is 1. The van der Waals surface area contributed by atoms with E-state index in [0.29, 0.717) is 53.5 Å². The van der Waals surface area contributed by atoms with Crippen molar-refractivity contribution in [3.05, 3.63) is 58.8 Å². The second-order valence-electron chi connectivity index (χ2n) is 13.2. The first-order chi connectivity index (χ1) is 21.8. The minimum Gasteiger partial charge on any atom is -0.486 e. The lowest BCUT2D eigenvalue weighted by Crippen LogP contribution is -2.57. The number of halogens is 3. The number of ether oxygens (including phenoxy) is 3. The first kappa shape index (κ1) is 32.3. The molecule has 3 aliphatic heterocycles. The lowest BCUT2D eigenvalue weighted by Gasteiger charge is -2.41. The van der Waals surface area contributed by atoms with Crippen LogP contribution in [0.5, 0.6) is 11.5 Å². The Morgan fingerprint density at radius 2 is 1.74 bits per heavy atom. The summed E-state index contributed by atoms with van der Waals surface area (Å²) in [6.45, 7) is 6.21. The molecule has 13 heteroatoms. The van der Waals surface area contributed by atoms with E-state index < -0.39 is 41.4 Å². The number of carbonyl (C=O) groups is 2. The first-order valence-corrected chi connectivity index (χ1v) is 15.9. The van der Waals surface area contributed by atoms with Crippen molar-refractivity contribution in [2.24, 2.45) is 0 Å². The van der Waals surface area contributed by atoms with E-state index in [-0.39, 0.29) is 30.3 Å². The Morgan fingerprint density at radius 3 is 2.43 bits per heavy atom. The zero-order valence-electron chi connectivity index (χ0n) is 25.9. The van der Waals surface area contributed by atoms with Gasteiger partial charge in [0, 0.05) is 35.1 Å². The highest BCUT2D eigenvalue weighted by atomic mass is 35.5. The Balaban J connectivity index is 1.22. The van der Waals surface area contributed by atoms with Gasteiger partial charge < -0.3 is 34.4 Å². The van der Waals surface area contributed by atoms with Gasteiger partial charge in [-0.15, -0.1) is 0 Å². The number of hydrogen-bond donors (Lipinski definition) is 3. The van der Waals surface area contributed by atoms with E-state index in [2.05, 4.69) is 15.5 Å². The number of nitrogens with zero attached hydrogens (tertiary/aromatic N) is 1. The van der Waals surface area contributed by atoms with Gasteiger partial charge in [0.05, 0.1) is 6.04 Å². The fourth-order valence-corrected chi connectivity index (χ4v) is 6.81. The molecule has 0 spiro atoms. The smallest absolute Gasteiger partial charge is 0.407 e. The van der Waals surface area contributed by atoms with Crippen molar-refractivity contribution in [1.82, 2.24) is 15.5 Å². The molecule has 6 rings (SSSR count). The Labute approximate surface area is 270 Å². The predicted octanol–water partition coefficient (Wildman–Crippen LogP) is 5.69. The number of hydrogen-bond acceptors (Lipinski definition) is 8. The van der Waals surface area contributed by atoms with E-state index in [9.17, 15) is 14.7 Å². The van der Waals surface area contributed by atoms with Crippen LogP contribution in [0.3, 0.4) is 0 Å². The summed E-state index contributed by atoms with van der Waals surface area (Å²) in [5.74, 6) is -5.54. The van der Waals surface area contributed by atoms with Gasteiger partial charge in [-0.25, -0.2) is 4.79 Å². The lowest BCUT2D eigenvalue weighted by molar-refractivity contribution is -0.151. The maximum atomic E-state index is 15.7. The van der Waals surface area contributed by atoms with Crippen molar-refractivity contribution in [3.63, 3.8) is 0 Å². The van der Waals surface area contributed by atoms with Gasteiger partial charge in [-0.3, -0.25) is 9.69 Å². The van der Waals surface area contributed by atoms with Crippen LogP contribution in [0.15, 0.2) is 46.9 Å². The number of aliphatic hydroxyl groups excluding tert-OH is 1. The number of carbonyl (C=O) groups excluding carboxylic acids is 2. The lowest BCUT2D eigenvalue weighted by atomic mass is 9.94. The number of alkyl halides is 2. The topological polar surface area (TPSA) is 123 Å². The van der Waals surface area contributed by atoms with Crippen molar-refractivity contribution in [1.29, 1.82) is 0 Å². The average molecular weight is 662 g/mol. The van der Waals surface area contributed by atoms with Gasteiger partial charge in [0.2, 0.25) is 0 Å². The molecule has 4 atom stereocenters. The van der Waals surface area contributed by atoms with Crippen LogP contribution < -0.4 is 20.1 Å². The van der Waals surface area contributed by atoms with E-state index in [4.69, 9.17) is 30.2 Å². The van der Waals surface area contributed by atoms with Crippen LogP contribution in [0.1, 0.15) is 63.9 Å². The van der Waals surface area contributed by atoms with Gasteiger partial charge in [-0.05, 0) is 88.4 Å². The average Bonchev–Trinajstić information content (AvgIpc) is 3.52. The number of fused-ring (bicyclic) bond motifs is 4. The summed E-state index contributed by atoms with van der Waals surface area (Å²) < 4.78 is 53.3. The molecule has 2 amide bonds. The zero-order valence-corrected chi connectivity index (χ0v) is 26.6. The Bertz CT molecular complexity index is 1600. The van der Waals surface area contributed by atoms with E-state index in [1.165, 1.54) is 18.2 Å². The summed E-state index contributed by atoms with van der Waals surface area (Å²) in [4.78, 5) is 27.9. The van der Waals surface area contributed by atoms with Gasteiger partial charge >= 0.3 is 12.0 Å². The maximum Gasteiger partial charge on any atom is 0.407 e. The van der Waals surface area contributed by atoms with Gasteiger partial charge in [0.1, 0.15) is 30.5 Å². The summed E-state index contributed by atoms with van der Waals surface area (Å²) >= 11 is 6.01. The minimum atomic E-state index is -4.04. The van der Waals surface area contributed by atoms with Gasteiger partial charge in [-0.2, -0.15) is 8.78 Å². The molecule has 0 saturated carbocycles. The molecule has 0 radical (unpaired) electrons. The molecule has 0 aliphatic carbocycles. The summed E-state index contributed by atoms with van der Waals surface area (Å²) in [5.41, 5.74) is -0.0827. The number of piperidine rings is 1. The standard InChI is InChI=1S/C33H38ClF2N3O7/c1-32(2,3)46-31(42)37-21-15-22-6-7-23(16-21)39(22)17-24(29(40)18-4-8-26-27(13-18)44-11-10-43-26)38-30(41)33(35,36)28-14-19-12-20(34)5-9-25(19)45-28/h4-5,8-9,12-14,21-24,29,40H,6-7,10-11,15-17H2,1-3H3,(H,37,42)(H,38,41)/t21?,22?,23?,24-,29-/m1/s1. The largest absolute Gasteiger partial charge is 0.486 e. The molecular weight excluding hydrogens is 624 g/mol. The molecule has 3 aliphatic rings. The Hall–Kier alpha value is -3.61. The van der Waals surface area contributed by atoms with Crippen LogP contribution in [0.2, 0.25) is 5.02 Å². The minimum absolute atomic E-state index is 0.00573. The van der Waals surface area contributed by atoms with Crippen LogP contribution in [0, 0.1) is 0 Å². The molecule has 248 valence electrons. The number of benzene rings is 2. The fourth-order valence-electron chi connectivity index (χ4n) is 6.63. The summed E-state index contributed by atoms with van der Waals surface area (Å²) in [5, 5.41) is 17.7. The zero-order chi connectivity index (χ0) is 32.8. The van der Waals surface area contributed by atoms with Gasteiger partial charge in [0.25, 0.3) is 5.91 Å². The normalized spacial score (nSPS) is 22.7. The summed E-state index contributed by atoms with van der Waals surface area (Å²) in [6, 6.07) is 9.18. The van der Waals surface area contributed by atoms with E-state index >= 15 is 8.78 Å². The monoisotopic (exact) mass is 661 g/mol. The molecule has 4 heterocycles. The second-order valence-corrected chi connectivity index (χ2v) is 13.6. The molecular formula is C33H38ClF2N3O7. The second kappa shape index (κ2) is 12.5. The van der Waals surface area contributed by atoms with Crippen molar-refractivity contribution in [2.75, 3.05) is 19.8 Å². The third kappa shape index (κ3) is 6.89. The molecule has 2 fully saturated rings. The number of amides is 2. The quantitative estimate of drug-likeness (QED) is 0.282. The van der Waals surface area contributed by atoms with Gasteiger partial charge in [0.15, 0.2) is 17.3 Å². The van der Waals surface area contributed by atoms with Crippen LogP contribution in [0.4, 0.5) is 13.6 Å². The third-order valence-corrected chi connectivity index (χ3v) is 8.93. The van der Waals surface area contributed by atoms with Crippen LogP contribution in [-0.4, -0.2) is 71.5 Å². The predicted molar refractivity (Wildman–Crippen MR) is 165 cm³/mol. The Kier molecular flexibility index (Phi) is 8.81. The summed E-state index contributed by atoms with van der Waals surface area (Å²) in [6.07, 6.45) is 1.05. The molecule has 2 saturated heterocycles. The molecule has 2 bridgehead atoms. The van der Waals surface area contributed by atoms with Crippen molar-refractivity contribution < 1.29 is 42.1 Å². The SMILES string of the molecule is CC(C)(C)OC(=O)NC1CC2CCC(C1)N2C[C@@H](NC(=O)C(F)(F)c1cc2cc(Cl)ccc2o1)[C@H](O)c1ccc2c(c1)OCCO2. The highest BCUT2D eigenvalue weighted by Crippen LogP contribution is 2.39. The molecule has 10 nitrogen and oxygen atoms in total. The molecule has 2 unspecified atom stereocenters. The molecule has 3 aromatic rings. The van der Waals surface area contributed by atoms with Crippen LogP contribution >= 0.6 is 11.6 Å². The number of aliphatic hydroxyl groups is 1. The Morgan fingerprint density at radius 1 is 1.04 bits per heavy atom. The van der Waals surface area contributed by atoms with Crippen molar-refractivity contribution >= 4 is 34.6 Å². The summed E-state index contributed by atoms with van der Waals surface area (Å²) in [7, 11) is 0. The van der Waals surface area contributed by atoms with Crippen molar-refractivity contribution in [2.45, 2.75) is 88.2 Å². The number of furan rings is 1. The number of nitrogens with one attached hydrogen (secondary N) is 2. The van der Waals surface area contributed by atoms with Gasteiger partial charge in [-0.1, -0.05) is 17.7 Å². The third-order valence-electron chi connectivity index (χ3n) is 8.69. The molecule has 46 heavy (non-hydrogen) atoms. The fraction of sp³-hybridized carbons (Fsp3) is 0.515. The van der Waals surface area contributed by atoms with E-state index in [0.717, 1.165) is 18.9 Å². The molecule has 2 aromatic carbocycles. The molecule has 3 N–H and O–H groups in total. The van der Waals surface area contributed by atoms with E-state index in [1.54, 1.807) is 39.0 Å². The highest BCUT2D eigenvalue weighted by molar-refractivity contribution is 6.31. The van der Waals surface area contributed by atoms with E-state index in [1.807, 2.05) is 0 Å².